The fourth-order valence-electron chi connectivity index (χ4n) is 5.32. The van der Waals surface area contributed by atoms with Crippen LogP contribution in [0.3, 0.4) is 0 Å². The van der Waals surface area contributed by atoms with Crippen LogP contribution in [0.4, 0.5) is 0 Å². The lowest BCUT2D eigenvalue weighted by Crippen LogP contribution is -2.36. The highest BCUT2D eigenvalue weighted by atomic mass is 16.4. The number of benzene rings is 1. The van der Waals surface area contributed by atoms with Crippen LogP contribution in [0.2, 0.25) is 0 Å². The van der Waals surface area contributed by atoms with Crippen LogP contribution in [0.15, 0.2) is 25.8 Å². The van der Waals surface area contributed by atoms with Crippen molar-refractivity contribution in [3.8, 4) is 0 Å². The van der Waals surface area contributed by atoms with Gasteiger partial charge in [0.25, 0.3) is 0 Å². The molecule has 1 aliphatic rings. The molecular weight excluding hydrogens is 488 g/mol. The molecule has 1 fully saturated rings. The number of hydrogen-bond acceptors (Lipinski definition) is 6. The quantitative estimate of drug-likeness (QED) is 0.265. The molecule has 0 saturated heterocycles. The lowest BCUT2D eigenvalue weighted by atomic mass is 9.81. The average Bonchev–Trinajstić information content (AvgIpc) is 3.16. The van der Waals surface area contributed by atoms with Gasteiger partial charge in [0.05, 0.1) is 0 Å². The van der Waals surface area contributed by atoms with E-state index in [1.54, 1.807) is 6.07 Å². The number of aryl methyl sites for hydroxylation is 3. The Morgan fingerprint density at radius 3 is 2.32 bits per heavy atom. The van der Waals surface area contributed by atoms with Crippen molar-refractivity contribution in [1.82, 2.24) is 10.6 Å². The molecule has 38 heavy (non-hydrogen) atoms. The van der Waals surface area contributed by atoms with E-state index in [0.29, 0.717) is 48.6 Å². The maximum atomic E-state index is 12.7. The first kappa shape index (κ1) is 27.4. The van der Waals surface area contributed by atoms with Gasteiger partial charge >= 0.3 is 11.6 Å². The third kappa shape index (κ3) is 6.26. The number of amides is 2. The van der Waals surface area contributed by atoms with Crippen molar-refractivity contribution in [3.63, 3.8) is 0 Å². The molecule has 0 atom stereocenters. The molecule has 3 aromatic rings. The van der Waals surface area contributed by atoms with Crippen LogP contribution >= 0.6 is 0 Å². The highest BCUT2D eigenvalue weighted by molar-refractivity contribution is 5.96. The number of nitrogens with one attached hydrogen (secondary N) is 2. The van der Waals surface area contributed by atoms with E-state index < -0.39 is 11.6 Å². The van der Waals surface area contributed by atoms with Gasteiger partial charge in [0.15, 0.2) is 0 Å². The second-order valence-electron chi connectivity index (χ2n) is 10.4. The molecule has 1 aliphatic carbocycles. The van der Waals surface area contributed by atoms with Crippen LogP contribution in [0.25, 0.3) is 21.9 Å². The molecule has 204 valence electrons. The summed E-state index contributed by atoms with van der Waals surface area (Å²) < 4.78 is 11.3. The summed E-state index contributed by atoms with van der Waals surface area (Å²) in [7, 11) is 0. The van der Waals surface area contributed by atoms with Gasteiger partial charge in [-0.3, -0.25) is 14.4 Å². The van der Waals surface area contributed by atoms with E-state index in [1.807, 2.05) is 26.8 Å². The van der Waals surface area contributed by atoms with E-state index in [-0.39, 0.29) is 30.6 Å². The van der Waals surface area contributed by atoms with Gasteiger partial charge in [-0.05, 0) is 82.4 Å². The Balaban J connectivity index is 1.26. The number of furan rings is 1. The van der Waals surface area contributed by atoms with Crippen molar-refractivity contribution >= 4 is 39.7 Å². The molecule has 4 rings (SSSR count). The molecule has 0 aliphatic heterocycles. The summed E-state index contributed by atoms with van der Waals surface area (Å²) in [5.41, 5.74) is 3.13. The number of carbonyl (C=O) groups is 3. The Kier molecular flexibility index (Phi) is 8.54. The highest BCUT2D eigenvalue weighted by Gasteiger charge is 2.26. The van der Waals surface area contributed by atoms with E-state index in [9.17, 15) is 19.2 Å². The smallest absolute Gasteiger partial charge is 0.339 e. The second kappa shape index (κ2) is 11.8. The van der Waals surface area contributed by atoms with Crippen molar-refractivity contribution in [1.29, 1.82) is 0 Å². The summed E-state index contributed by atoms with van der Waals surface area (Å²) in [5.74, 6) is 0.0976. The topological polar surface area (TPSA) is 139 Å². The predicted molar refractivity (Wildman–Crippen MR) is 143 cm³/mol. The minimum atomic E-state index is -0.862. The third-order valence-electron chi connectivity index (χ3n) is 7.86. The zero-order valence-electron chi connectivity index (χ0n) is 22.3. The first-order chi connectivity index (χ1) is 18.1. The molecule has 0 radical (unpaired) electrons. The van der Waals surface area contributed by atoms with Crippen molar-refractivity contribution in [2.75, 3.05) is 13.1 Å². The molecule has 0 bridgehead atoms. The molecule has 3 N–H and O–H groups in total. The van der Waals surface area contributed by atoms with E-state index >= 15 is 0 Å². The number of hydrogen-bond donors (Lipinski definition) is 3. The number of fused-ring (bicyclic) bond motifs is 2. The molecule has 0 spiro atoms. The highest BCUT2D eigenvalue weighted by Crippen LogP contribution is 2.31. The van der Waals surface area contributed by atoms with Crippen LogP contribution in [-0.4, -0.2) is 36.0 Å². The Labute approximate surface area is 220 Å². The van der Waals surface area contributed by atoms with E-state index in [2.05, 4.69) is 10.6 Å². The normalized spacial score (nSPS) is 17.6. The maximum absolute atomic E-state index is 12.7. The predicted octanol–water partition coefficient (Wildman–Crippen LogP) is 4.30. The molecule has 1 saturated carbocycles. The van der Waals surface area contributed by atoms with Gasteiger partial charge in [0, 0.05) is 54.3 Å². The SMILES string of the molecule is Cc1oc2cc3oc(=O)c(CCC(=O)NCC4CCC(C(=O)NCCCC(=O)O)CC4)c(C)c3cc2c1C. The first-order valence-electron chi connectivity index (χ1n) is 13.4. The number of aliphatic carboxylic acids is 1. The van der Waals surface area contributed by atoms with E-state index in [0.717, 1.165) is 53.3 Å². The molecule has 9 heteroatoms. The van der Waals surface area contributed by atoms with Crippen LogP contribution < -0.4 is 16.3 Å². The minimum absolute atomic E-state index is 0.0127. The van der Waals surface area contributed by atoms with Crippen molar-refractivity contribution in [2.24, 2.45) is 11.8 Å². The fraction of sp³-hybridized carbons (Fsp3) is 0.517. The molecule has 1 aromatic carbocycles. The summed E-state index contributed by atoms with van der Waals surface area (Å²) in [5, 5.41) is 16.3. The second-order valence-corrected chi connectivity index (χ2v) is 10.4. The monoisotopic (exact) mass is 524 g/mol. The lowest BCUT2D eigenvalue weighted by Gasteiger charge is -2.28. The number of carboxylic acid groups (broad SMARTS) is 1. The van der Waals surface area contributed by atoms with Crippen molar-refractivity contribution in [3.05, 3.63) is 45.0 Å². The molecular formula is C29H36N2O7. The van der Waals surface area contributed by atoms with E-state index in [4.69, 9.17) is 13.9 Å². The zero-order valence-corrected chi connectivity index (χ0v) is 22.3. The van der Waals surface area contributed by atoms with Gasteiger partial charge in [-0.1, -0.05) is 0 Å². The zero-order chi connectivity index (χ0) is 27.4. The standard InChI is InChI=1S/C29H36N2O7/c1-16-18(3)37-24-14-25-23(13-22(16)24)17(2)21(29(36)38-25)10-11-26(32)31-15-19-6-8-20(9-7-19)28(35)30-12-4-5-27(33)34/h13-14,19-20H,4-12,15H2,1-3H3,(H,30,35)(H,31,32)(H,33,34). The van der Waals surface area contributed by atoms with Gasteiger partial charge in [-0.2, -0.15) is 0 Å². The van der Waals surface area contributed by atoms with Gasteiger partial charge in [0.1, 0.15) is 16.9 Å². The first-order valence-corrected chi connectivity index (χ1v) is 13.4. The molecule has 2 amide bonds. The Morgan fingerprint density at radius 2 is 1.61 bits per heavy atom. The lowest BCUT2D eigenvalue weighted by molar-refractivity contribution is -0.137. The Hall–Kier alpha value is -3.62. The minimum Gasteiger partial charge on any atom is -0.481 e. The van der Waals surface area contributed by atoms with Crippen LogP contribution in [0, 0.1) is 32.6 Å². The maximum Gasteiger partial charge on any atom is 0.339 e. The number of rotatable bonds is 10. The molecule has 2 heterocycles. The average molecular weight is 525 g/mol. The van der Waals surface area contributed by atoms with Gasteiger partial charge in [-0.15, -0.1) is 0 Å². The third-order valence-corrected chi connectivity index (χ3v) is 7.86. The van der Waals surface area contributed by atoms with Crippen LogP contribution in [0.1, 0.15) is 67.4 Å². The van der Waals surface area contributed by atoms with E-state index in [1.165, 1.54) is 0 Å². The van der Waals surface area contributed by atoms with Gasteiger partial charge in [-0.25, -0.2) is 4.79 Å². The van der Waals surface area contributed by atoms with Crippen molar-refractivity contribution in [2.45, 2.75) is 72.1 Å². The van der Waals surface area contributed by atoms with Gasteiger partial charge in [0.2, 0.25) is 11.8 Å². The number of carboxylic acids is 1. The molecule has 9 nitrogen and oxygen atoms in total. The van der Waals surface area contributed by atoms with Crippen molar-refractivity contribution < 1.29 is 28.3 Å². The number of carbonyl (C=O) groups excluding carboxylic acids is 2. The Morgan fingerprint density at radius 1 is 0.921 bits per heavy atom. The largest absolute Gasteiger partial charge is 0.481 e. The summed E-state index contributed by atoms with van der Waals surface area (Å²) in [6, 6.07) is 3.75. The summed E-state index contributed by atoms with van der Waals surface area (Å²) >= 11 is 0. The van der Waals surface area contributed by atoms with Crippen LogP contribution in [0.5, 0.6) is 0 Å². The van der Waals surface area contributed by atoms with Crippen LogP contribution in [-0.2, 0) is 20.8 Å². The summed E-state index contributed by atoms with van der Waals surface area (Å²) in [6.45, 7) is 6.72. The van der Waals surface area contributed by atoms with Gasteiger partial charge < -0.3 is 24.6 Å². The molecule has 0 unspecified atom stereocenters. The summed E-state index contributed by atoms with van der Waals surface area (Å²) in [6.07, 6.45) is 4.17. The molecule has 2 aromatic heterocycles. The fourth-order valence-corrected chi connectivity index (χ4v) is 5.32. The summed E-state index contributed by atoms with van der Waals surface area (Å²) in [4.78, 5) is 48.1. The Bertz CT molecular complexity index is 1410.